The third kappa shape index (κ3) is 2.36. The fourth-order valence-electron chi connectivity index (χ4n) is 1.56. The molecule has 0 aromatic heterocycles. The van der Waals surface area contributed by atoms with Crippen molar-refractivity contribution in [1.82, 2.24) is 0 Å². The van der Waals surface area contributed by atoms with Gasteiger partial charge >= 0.3 is 0 Å². The molecule has 3 nitrogen and oxygen atoms in total. The lowest BCUT2D eigenvalue weighted by Crippen LogP contribution is -2.05. The van der Waals surface area contributed by atoms with Crippen molar-refractivity contribution in [1.29, 1.82) is 0 Å². The quantitative estimate of drug-likeness (QED) is 0.558. The zero-order chi connectivity index (χ0) is 10.8. The van der Waals surface area contributed by atoms with Crippen LogP contribution in [0.4, 0.5) is 0 Å². The molecule has 1 aliphatic heterocycles. The average Bonchev–Trinajstić information content (AvgIpc) is 2.97. The lowest BCUT2D eigenvalue weighted by Gasteiger charge is -2.09. The number of ether oxygens (including phenoxy) is 2. The molecule has 0 N–H and O–H groups in total. The number of epoxide rings is 1. The van der Waals surface area contributed by atoms with E-state index in [2.05, 4.69) is 0 Å². The van der Waals surface area contributed by atoms with E-state index in [1.807, 2.05) is 26.0 Å². The van der Waals surface area contributed by atoms with E-state index in [9.17, 15) is 4.79 Å². The van der Waals surface area contributed by atoms with Gasteiger partial charge in [-0.15, -0.1) is 0 Å². The first kappa shape index (κ1) is 10.2. The van der Waals surface area contributed by atoms with Crippen LogP contribution in [0.2, 0.25) is 0 Å². The zero-order valence-corrected chi connectivity index (χ0v) is 8.95. The van der Waals surface area contributed by atoms with Gasteiger partial charge in [0.25, 0.3) is 0 Å². The highest BCUT2D eigenvalue weighted by molar-refractivity contribution is 5.80. The van der Waals surface area contributed by atoms with Gasteiger partial charge in [-0.1, -0.05) is 0 Å². The summed E-state index contributed by atoms with van der Waals surface area (Å²) in [6.45, 7) is 5.22. The highest BCUT2D eigenvalue weighted by atomic mass is 16.6. The minimum atomic E-state index is 0.261. The summed E-state index contributed by atoms with van der Waals surface area (Å²) in [5, 5.41) is 0. The van der Waals surface area contributed by atoms with Crippen molar-refractivity contribution in [2.75, 3.05) is 13.2 Å². The predicted octanol–water partition coefficient (Wildman–Crippen LogP) is 1.89. The smallest absolute Gasteiger partial charge is 0.150 e. The van der Waals surface area contributed by atoms with Crippen molar-refractivity contribution in [2.24, 2.45) is 0 Å². The largest absolute Gasteiger partial charge is 0.491 e. The molecule has 1 heterocycles. The van der Waals surface area contributed by atoms with Crippen LogP contribution in [0.3, 0.4) is 0 Å². The summed E-state index contributed by atoms with van der Waals surface area (Å²) in [6, 6.07) is 3.78. The van der Waals surface area contributed by atoms with Crippen LogP contribution in [-0.2, 0) is 4.74 Å². The Morgan fingerprint density at radius 3 is 2.53 bits per heavy atom. The molecule has 0 amide bonds. The standard InChI is InChI=1S/C12H14O3/c1-8-3-10(14-6-11-7-15-11)4-9(2)12(8)5-13/h3-5,11H,6-7H2,1-2H3. The lowest BCUT2D eigenvalue weighted by atomic mass is 10.0. The molecular formula is C12H14O3. The summed E-state index contributed by atoms with van der Waals surface area (Å²) < 4.78 is 10.6. The van der Waals surface area contributed by atoms with Gasteiger partial charge < -0.3 is 9.47 Å². The summed E-state index contributed by atoms with van der Waals surface area (Å²) in [4.78, 5) is 10.8. The van der Waals surface area contributed by atoms with Gasteiger partial charge in [0.1, 0.15) is 18.5 Å². The number of aldehydes is 1. The first-order valence-corrected chi connectivity index (χ1v) is 5.01. The van der Waals surface area contributed by atoms with Gasteiger partial charge in [-0.25, -0.2) is 0 Å². The maximum atomic E-state index is 10.8. The van der Waals surface area contributed by atoms with Crippen molar-refractivity contribution in [3.8, 4) is 5.75 Å². The molecule has 0 aliphatic carbocycles. The fourth-order valence-corrected chi connectivity index (χ4v) is 1.56. The van der Waals surface area contributed by atoms with Crippen LogP contribution in [0.5, 0.6) is 5.75 Å². The molecule has 1 aromatic rings. The van der Waals surface area contributed by atoms with Crippen LogP contribution in [0, 0.1) is 13.8 Å². The second-order valence-corrected chi connectivity index (χ2v) is 3.85. The van der Waals surface area contributed by atoms with Gasteiger partial charge in [0.05, 0.1) is 6.61 Å². The second-order valence-electron chi connectivity index (χ2n) is 3.85. The lowest BCUT2D eigenvalue weighted by molar-refractivity contribution is 0.112. The minimum absolute atomic E-state index is 0.261. The Kier molecular flexibility index (Phi) is 2.73. The van der Waals surface area contributed by atoms with E-state index in [-0.39, 0.29) is 6.10 Å². The van der Waals surface area contributed by atoms with Crippen molar-refractivity contribution in [3.63, 3.8) is 0 Å². The molecular weight excluding hydrogens is 192 g/mol. The molecule has 1 unspecified atom stereocenters. The minimum Gasteiger partial charge on any atom is -0.491 e. The van der Waals surface area contributed by atoms with Crippen LogP contribution >= 0.6 is 0 Å². The van der Waals surface area contributed by atoms with Gasteiger partial charge in [0.15, 0.2) is 6.29 Å². The third-order valence-electron chi connectivity index (χ3n) is 2.52. The Hall–Kier alpha value is -1.35. The van der Waals surface area contributed by atoms with Gasteiger partial charge in [-0.3, -0.25) is 4.79 Å². The van der Waals surface area contributed by atoms with Crippen LogP contribution in [0.15, 0.2) is 12.1 Å². The molecule has 1 saturated heterocycles. The maximum Gasteiger partial charge on any atom is 0.150 e. The number of rotatable bonds is 4. The Balaban J connectivity index is 2.14. The highest BCUT2D eigenvalue weighted by Gasteiger charge is 2.23. The first-order valence-electron chi connectivity index (χ1n) is 5.01. The van der Waals surface area contributed by atoms with Gasteiger partial charge in [0, 0.05) is 5.56 Å². The van der Waals surface area contributed by atoms with Crippen molar-refractivity contribution in [3.05, 3.63) is 28.8 Å². The Labute approximate surface area is 89.0 Å². The van der Waals surface area contributed by atoms with Crippen molar-refractivity contribution < 1.29 is 14.3 Å². The zero-order valence-electron chi connectivity index (χ0n) is 8.95. The van der Waals surface area contributed by atoms with E-state index in [1.54, 1.807) is 0 Å². The van der Waals surface area contributed by atoms with Crippen LogP contribution < -0.4 is 4.74 Å². The van der Waals surface area contributed by atoms with E-state index in [4.69, 9.17) is 9.47 Å². The van der Waals surface area contributed by atoms with Crippen LogP contribution in [0.25, 0.3) is 0 Å². The number of hydrogen-bond donors (Lipinski definition) is 0. The first-order chi connectivity index (χ1) is 7.20. The summed E-state index contributed by atoms with van der Waals surface area (Å²) in [6.07, 6.45) is 1.15. The molecule has 80 valence electrons. The summed E-state index contributed by atoms with van der Waals surface area (Å²) in [5.41, 5.74) is 2.67. The molecule has 1 atom stereocenters. The summed E-state index contributed by atoms with van der Waals surface area (Å²) in [5.74, 6) is 0.811. The number of hydrogen-bond acceptors (Lipinski definition) is 3. The van der Waals surface area contributed by atoms with E-state index in [0.717, 1.165) is 35.3 Å². The Morgan fingerprint density at radius 2 is 2.07 bits per heavy atom. The number of aryl methyl sites for hydroxylation is 2. The van der Waals surface area contributed by atoms with Crippen LogP contribution in [0.1, 0.15) is 21.5 Å². The van der Waals surface area contributed by atoms with E-state index in [0.29, 0.717) is 6.61 Å². The maximum absolute atomic E-state index is 10.8. The average molecular weight is 206 g/mol. The molecule has 3 heteroatoms. The molecule has 1 fully saturated rings. The Bertz CT molecular complexity index is 357. The van der Waals surface area contributed by atoms with Gasteiger partial charge in [0.2, 0.25) is 0 Å². The molecule has 15 heavy (non-hydrogen) atoms. The van der Waals surface area contributed by atoms with Gasteiger partial charge in [-0.05, 0) is 37.1 Å². The third-order valence-corrected chi connectivity index (χ3v) is 2.52. The monoisotopic (exact) mass is 206 g/mol. The summed E-state index contributed by atoms with van der Waals surface area (Å²) in [7, 11) is 0. The molecule has 2 rings (SSSR count). The molecule has 0 spiro atoms. The predicted molar refractivity (Wildman–Crippen MR) is 56.5 cm³/mol. The van der Waals surface area contributed by atoms with E-state index < -0.39 is 0 Å². The Morgan fingerprint density at radius 1 is 1.47 bits per heavy atom. The molecule has 1 aromatic carbocycles. The van der Waals surface area contributed by atoms with E-state index in [1.165, 1.54) is 0 Å². The number of benzene rings is 1. The fraction of sp³-hybridized carbons (Fsp3) is 0.417. The summed E-state index contributed by atoms with van der Waals surface area (Å²) >= 11 is 0. The molecule has 1 aliphatic rings. The molecule has 0 bridgehead atoms. The normalized spacial score (nSPS) is 18.7. The van der Waals surface area contributed by atoms with Crippen LogP contribution in [-0.4, -0.2) is 25.6 Å². The molecule has 0 radical (unpaired) electrons. The SMILES string of the molecule is Cc1cc(OCC2CO2)cc(C)c1C=O. The highest BCUT2D eigenvalue weighted by Crippen LogP contribution is 2.21. The second kappa shape index (κ2) is 4.03. The number of carbonyl (C=O) groups excluding carboxylic acids is 1. The number of carbonyl (C=O) groups is 1. The topological polar surface area (TPSA) is 38.8 Å². The van der Waals surface area contributed by atoms with Crippen molar-refractivity contribution in [2.45, 2.75) is 20.0 Å². The molecule has 0 saturated carbocycles. The van der Waals surface area contributed by atoms with E-state index >= 15 is 0 Å². The van der Waals surface area contributed by atoms with Crippen molar-refractivity contribution >= 4 is 6.29 Å². The van der Waals surface area contributed by atoms with Gasteiger partial charge in [-0.2, -0.15) is 0 Å².